The van der Waals surface area contributed by atoms with Gasteiger partial charge in [-0.05, 0) is 57.3 Å². The molecule has 0 amide bonds. The predicted octanol–water partition coefficient (Wildman–Crippen LogP) is 3.68. The molecule has 6 nitrogen and oxygen atoms in total. The predicted molar refractivity (Wildman–Crippen MR) is 124 cm³/mol. The van der Waals surface area contributed by atoms with E-state index in [2.05, 4.69) is 39.2 Å². The smallest absolute Gasteiger partial charge is 0.191 e. The van der Waals surface area contributed by atoms with Gasteiger partial charge in [-0.3, -0.25) is 4.99 Å². The number of nitrogens with zero attached hydrogens (tertiary/aromatic N) is 4. The van der Waals surface area contributed by atoms with Crippen LogP contribution in [0.5, 0.6) is 0 Å². The van der Waals surface area contributed by atoms with Gasteiger partial charge < -0.3 is 15.2 Å². The number of nitrogens with one attached hydrogen (secondary N) is 2. The Balaban J connectivity index is 0.00000225. The first-order valence-electron chi connectivity index (χ1n) is 11.2. The van der Waals surface area contributed by atoms with Gasteiger partial charge in [0.25, 0.3) is 0 Å². The van der Waals surface area contributed by atoms with Crippen molar-refractivity contribution in [1.82, 2.24) is 25.4 Å². The zero-order valence-electron chi connectivity index (χ0n) is 17.5. The summed E-state index contributed by atoms with van der Waals surface area (Å²) in [4.78, 5) is 4.96. The van der Waals surface area contributed by atoms with E-state index in [0.29, 0.717) is 12.0 Å². The lowest BCUT2D eigenvalue weighted by molar-refractivity contribution is 0.150. The molecule has 0 bridgehead atoms. The molecule has 1 aromatic rings. The van der Waals surface area contributed by atoms with Crippen molar-refractivity contribution < 1.29 is 0 Å². The fraction of sp³-hybridized carbons (Fsp3) is 0.857. The fourth-order valence-electron chi connectivity index (χ4n) is 5.42. The molecule has 1 aliphatic heterocycles. The lowest BCUT2D eigenvalue weighted by atomic mass is 9.69. The summed E-state index contributed by atoms with van der Waals surface area (Å²) in [7, 11) is 0. The number of guanidine groups is 1. The third kappa shape index (κ3) is 5.19. The Bertz CT molecular complexity index is 657. The number of aromatic nitrogens is 3. The lowest BCUT2D eigenvalue weighted by Gasteiger charge is -2.40. The van der Waals surface area contributed by atoms with Crippen LogP contribution in [0.4, 0.5) is 0 Å². The topological polar surface area (TPSA) is 67.1 Å². The van der Waals surface area contributed by atoms with Gasteiger partial charge in [0.2, 0.25) is 0 Å². The second-order valence-electron chi connectivity index (χ2n) is 8.86. The molecule has 2 N–H and O–H groups in total. The standard InChI is InChI=1S/C21H36N6.HI/c1-3-22-21(24-19-10-9-17-6-4-5-7-18(17)12-19)23-13-16-8-11-20-26-25-15(2)27(20)14-16;/h16-19H,3-14H2,1-2H3,(H2,22,23,24);1H. The maximum atomic E-state index is 4.96. The Morgan fingerprint density at radius 3 is 2.75 bits per heavy atom. The summed E-state index contributed by atoms with van der Waals surface area (Å²) in [5, 5.41) is 15.7. The minimum Gasteiger partial charge on any atom is -0.357 e. The molecule has 4 rings (SSSR count). The average molecular weight is 500 g/mol. The highest BCUT2D eigenvalue weighted by Crippen LogP contribution is 2.40. The second kappa shape index (κ2) is 10.3. The zero-order valence-corrected chi connectivity index (χ0v) is 19.8. The molecule has 2 aliphatic carbocycles. The van der Waals surface area contributed by atoms with E-state index < -0.39 is 0 Å². The highest BCUT2D eigenvalue weighted by atomic mass is 127. The van der Waals surface area contributed by atoms with Crippen LogP contribution in [-0.4, -0.2) is 39.9 Å². The van der Waals surface area contributed by atoms with Crippen LogP contribution in [0.25, 0.3) is 0 Å². The van der Waals surface area contributed by atoms with Crippen molar-refractivity contribution in [1.29, 1.82) is 0 Å². The third-order valence-electron chi connectivity index (χ3n) is 6.96. The van der Waals surface area contributed by atoms with Gasteiger partial charge in [-0.15, -0.1) is 34.2 Å². The molecule has 0 spiro atoms. The van der Waals surface area contributed by atoms with Crippen molar-refractivity contribution in [3.63, 3.8) is 0 Å². The minimum atomic E-state index is 0. The Kier molecular flexibility index (Phi) is 8.00. The Labute approximate surface area is 186 Å². The number of aryl methyl sites for hydroxylation is 2. The van der Waals surface area contributed by atoms with E-state index in [1.54, 1.807) is 0 Å². The quantitative estimate of drug-likeness (QED) is 0.376. The van der Waals surface area contributed by atoms with E-state index in [1.807, 2.05) is 0 Å². The molecule has 158 valence electrons. The molecule has 28 heavy (non-hydrogen) atoms. The van der Waals surface area contributed by atoms with Gasteiger partial charge in [0, 0.05) is 32.1 Å². The highest BCUT2D eigenvalue weighted by molar-refractivity contribution is 14.0. The molecule has 0 radical (unpaired) electrons. The van der Waals surface area contributed by atoms with Crippen LogP contribution in [0.3, 0.4) is 0 Å². The first kappa shape index (κ1) is 21.8. The van der Waals surface area contributed by atoms with Gasteiger partial charge >= 0.3 is 0 Å². The molecule has 2 saturated carbocycles. The first-order valence-corrected chi connectivity index (χ1v) is 11.2. The summed E-state index contributed by atoms with van der Waals surface area (Å²) in [6, 6.07) is 0.597. The second-order valence-corrected chi connectivity index (χ2v) is 8.86. The van der Waals surface area contributed by atoms with E-state index >= 15 is 0 Å². The number of aliphatic imine (C=N–C) groups is 1. The van der Waals surface area contributed by atoms with E-state index in [1.165, 1.54) is 44.9 Å². The van der Waals surface area contributed by atoms with Crippen molar-refractivity contribution in [3.8, 4) is 0 Å². The van der Waals surface area contributed by atoms with Crippen LogP contribution in [0.1, 0.15) is 69.9 Å². The summed E-state index contributed by atoms with van der Waals surface area (Å²) in [6.45, 7) is 7.01. The molecular formula is C21H37IN6. The van der Waals surface area contributed by atoms with Crippen molar-refractivity contribution >= 4 is 29.9 Å². The molecule has 2 heterocycles. The van der Waals surface area contributed by atoms with E-state index in [-0.39, 0.29) is 24.0 Å². The zero-order chi connectivity index (χ0) is 18.6. The molecule has 4 atom stereocenters. The van der Waals surface area contributed by atoms with Gasteiger partial charge in [0.1, 0.15) is 11.6 Å². The largest absolute Gasteiger partial charge is 0.357 e. The fourth-order valence-corrected chi connectivity index (χ4v) is 5.42. The molecule has 0 saturated heterocycles. The molecule has 7 heteroatoms. The number of hydrogen-bond acceptors (Lipinski definition) is 3. The first-order chi connectivity index (χ1) is 13.2. The monoisotopic (exact) mass is 500 g/mol. The minimum absolute atomic E-state index is 0. The number of hydrogen-bond donors (Lipinski definition) is 2. The van der Waals surface area contributed by atoms with E-state index in [0.717, 1.165) is 61.9 Å². The van der Waals surface area contributed by atoms with Crippen LogP contribution in [-0.2, 0) is 13.0 Å². The maximum Gasteiger partial charge on any atom is 0.191 e. The summed E-state index contributed by atoms with van der Waals surface area (Å²) in [6.07, 6.45) is 12.0. The van der Waals surface area contributed by atoms with Crippen LogP contribution >= 0.6 is 24.0 Å². The Morgan fingerprint density at radius 2 is 1.93 bits per heavy atom. The van der Waals surface area contributed by atoms with Crippen molar-refractivity contribution in [2.75, 3.05) is 13.1 Å². The van der Waals surface area contributed by atoms with E-state index in [4.69, 9.17) is 4.99 Å². The van der Waals surface area contributed by atoms with Gasteiger partial charge in [-0.25, -0.2) is 0 Å². The third-order valence-corrected chi connectivity index (χ3v) is 6.96. The number of rotatable bonds is 4. The molecular weight excluding hydrogens is 463 g/mol. The number of halogens is 1. The summed E-state index contributed by atoms with van der Waals surface area (Å²) < 4.78 is 2.27. The van der Waals surface area contributed by atoms with Crippen LogP contribution in [0, 0.1) is 24.7 Å². The van der Waals surface area contributed by atoms with Gasteiger partial charge in [-0.1, -0.05) is 25.7 Å². The summed E-state index contributed by atoms with van der Waals surface area (Å²) in [5.74, 6) is 5.72. The molecule has 0 aromatic carbocycles. The molecule has 1 aromatic heterocycles. The van der Waals surface area contributed by atoms with Gasteiger partial charge in [0.15, 0.2) is 5.96 Å². The van der Waals surface area contributed by atoms with Crippen LogP contribution < -0.4 is 10.6 Å². The maximum absolute atomic E-state index is 4.96. The molecule has 3 aliphatic rings. The summed E-state index contributed by atoms with van der Waals surface area (Å²) >= 11 is 0. The highest BCUT2D eigenvalue weighted by Gasteiger charge is 2.32. The number of fused-ring (bicyclic) bond motifs is 2. The van der Waals surface area contributed by atoms with Crippen molar-refractivity contribution in [2.24, 2.45) is 22.7 Å². The van der Waals surface area contributed by atoms with Crippen molar-refractivity contribution in [2.45, 2.75) is 84.2 Å². The Hall–Kier alpha value is -0.860. The Morgan fingerprint density at radius 1 is 1.11 bits per heavy atom. The lowest BCUT2D eigenvalue weighted by Crippen LogP contribution is -2.47. The molecule has 2 fully saturated rings. The average Bonchev–Trinajstić information content (AvgIpc) is 3.06. The normalized spacial score (nSPS) is 30.0. The van der Waals surface area contributed by atoms with Crippen LogP contribution in [0.2, 0.25) is 0 Å². The van der Waals surface area contributed by atoms with Gasteiger partial charge in [-0.2, -0.15) is 0 Å². The molecule has 4 unspecified atom stereocenters. The SMILES string of the molecule is CCNC(=NCC1CCc2nnc(C)n2C1)NC1CCC2CCCCC2C1.I. The summed E-state index contributed by atoms with van der Waals surface area (Å²) in [5.41, 5.74) is 0. The van der Waals surface area contributed by atoms with Crippen LogP contribution in [0.15, 0.2) is 4.99 Å². The van der Waals surface area contributed by atoms with Gasteiger partial charge in [0.05, 0.1) is 0 Å². The van der Waals surface area contributed by atoms with Crippen molar-refractivity contribution in [3.05, 3.63) is 11.6 Å². The van der Waals surface area contributed by atoms with E-state index in [9.17, 15) is 0 Å².